The Hall–Kier alpha value is -1.81. The quantitative estimate of drug-likeness (QED) is 0.751. The highest BCUT2D eigenvalue weighted by atomic mass is 16.5. The summed E-state index contributed by atoms with van der Waals surface area (Å²) in [6.45, 7) is 3.85. The Morgan fingerprint density at radius 3 is 2.70 bits per heavy atom. The summed E-state index contributed by atoms with van der Waals surface area (Å²) in [5, 5.41) is 3.31. The van der Waals surface area contributed by atoms with E-state index in [4.69, 9.17) is 4.74 Å². The van der Waals surface area contributed by atoms with E-state index in [2.05, 4.69) is 33.9 Å². The van der Waals surface area contributed by atoms with Gasteiger partial charge in [0.25, 0.3) is 0 Å². The van der Waals surface area contributed by atoms with Crippen molar-refractivity contribution in [2.45, 2.75) is 32.4 Å². The SMILES string of the molecule is CCC(NC)c1ccc(OCCCn2ccnc2)cc1. The second kappa shape index (κ2) is 7.70. The molecule has 1 aromatic heterocycles. The van der Waals surface area contributed by atoms with Gasteiger partial charge in [-0.3, -0.25) is 0 Å². The molecule has 1 atom stereocenters. The first-order valence-electron chi connectivity index (χ1n) is 7.19. The van der Waals surface area contributed by atoms with E-state index < -0.39 is 0 Å². The highest BCUT2D eigenvalue weighted by Crippen LogP contribution is 2.19. The molecule has 1 aromatic carbocycles. The Bertz CT molecular complexity index is 475. The lowest BCUT2D eigenvalue weighted by atomic mass is 10.1. The molecule has 1 unspecified atom stereocenters. The van der Waals surface area contributed by atoms with Crippen molar-refractivity contribution in [2.75, 3.05) is 13.7 Å². The van der Waals surface area contributed by atoms with Crippen molar-refractivity contribution in [2.24, 2.45) is 0 Å². The van der Waals surface area contributed by atoms with Gasteiger partial charge in [-0.25, -0.2) is 4.98 Å². The molecule has 0 amide bonds. The monoisotopic (exact) mass is 273 g/mol. The van der Waals surface area contributed by atoms with E-state index in [-0.39, 0.29) is 0 Å². The predicted molar refractivity (Wildman–Crippen MR) is 80.9 cm³/mol. The smallest absolute Gasteiger partial charge is 0.119 e. The van der Waals surface area contributed by atoms with Gasteiger partial charge in [0.05, 0.1) is 12.9 Å². The Balaban J connectivity index is 1.76. The second-order valence-corrected chi connectivity index (χ2v) is 4.82. The van der Waals surface area contributed by atoms with Crippen LogP contribution in [0.25, 0.3) is 0 Å². The van der Waals surface area contributed by atoms with E-state index in [0.717, 1.165) is 31.7 Å². The van der Waals surface area contributed by atoms with Crippen LogP contribution in [0.5, 0.6) is 5.75 Å². The summed E-state index contributed by atoms with van der Waals surface area (Å²) in [5.41, 5.74) is 1.31. The van der Waals surface area contributed by atoms with Crippen molar-refractivity contribution in [3.8, 4) is 5.75 Å². The number of imidazole rings is 1. The molecule has 108 valence electrons. The van der Waals surface area contributed by atoms with Gasteiger partial charge in [-0.05, 0) is 37.6 Å². The fourth-order valence-corrected chi connectivity index (χ4v) is 2.26. The number of hydrogen-bond acceptors (Lipinski definition) is 3. The number of aryl methyl sites for hydroxylation is 1. The zero-order valence-corrected chi connectivity index (χ0v) is 12.2. The number of hydrogen-bond donors (Lipinski definition) is 1. The number of aromatic nitrogens is 2. The summed E-state index contributed by atoms with van der Waals surface area (Å²) in [6, 6.07) is 8.79. The normalized spacial score (nSPS) is 12.3. The lowest BCUT2D eigenvalue weighted by Gasteiger charge is -2.14. The van der Waals surface area contributed by atoms with Gasteiger partial charge in [-0.2, -0.15) is 0 Å². The molecular weight excluding hydrogens is 250 g/mol. The molecule has 0 spiro atoms. The lowest BCUT2D eigenvalue weighted by molar-refractivity contribution is 0.301. The van der Waals surface area contributed by atoms with Crippen LogP contribution in [0.1, 0.15) is 31.4 Å². The van der Waals surface area contributed by atoms with Crippen LogP contribution in [0.2, 0.25) is 0 Å². The maximum atomic E-state index is 5.75. The number of nitrogens with one attached hydrogen (secondary N) is 1. The third-order valence-corrected chi connectivity index (χ3v) is 3.43. The molecule has 0 saturated heterocycles. The van der Waals surface area contributed by atoms with Crippen LogP contribution in [0, 0.1) is 0 Å². The van der Waals surface area contributed by atoms with Gasteiger partial charge >= 0.3 is 0 Å². The van der Waals surface area contributed by atoms with E-state index in [9.17, 15) is 0 Å². The minimum atomic E-state index is 0.422. The van der Waals surface area contributed by atoms with Crippen LogP contribution in [0.15, 0.2) is 43.0 Å². The first-order valence-corrected chi connectivity index (χ1v) is 7.19. The molecular formula is C16H23N3O. The summed E-state index contributed by atoms with van der Waals surface area (Å²) in [5.74, 6) is 0.935. The topological polar surface area (TPSA) is 39.1 Å². The standard InChI is InChI=1S/C16H23N3O/c1-3-16(17-2)14-5-7-15(8-6-14)20-12-4-10-19-11-9-18-13-19/h5-9,11,13,16-17H,3-4,10,12H2,1-2H3. The van der Waals surface area contributed by atoms with Crippen LogP contribution in [0.4, 0.5) is 0 Å². The summed E-state index contributed by atoms with van der Waals surface area (Å²) < 4.78 is 7.81. The Labute approximate surface area is 120 Å². The largest absolute Gasteiger partial charge is 0.494 e. The van der Waals surface area contributed by atoms with E-state index in [0.29, 0.717) is 6.04 Å². The number of benzene rings is 1. The lowest BCUT2D eigenvalue weighted by Crippen LogP contribution is -2.14. The van der Waals surface area contributed by atoms with Gasteiger partial charge in [-0.15, -0.1) is 0 Å². The Kier molecular flexibility index (Phi) is 5.62. The molecule has 0 aliphatic carbocycles. The Morgan fingerprint density at radius 1 is 1.30 bits per heavy atom. The minimum absolute atomic E-state index is 0.422. The summed E-state index contributed by atoms with van der Waals surface area (Å²) >= 11 is 0. The minimum Gasteiger partial charge on any atom is -0.494 e. The fraction of sp³-hybridized carbons (Fsp3) is 0.438. The zero-order chi connectivity index (χ0) is 14.2. The van der Waals surface area contributed by atoms with E-state index in [1.54, 1.807) is 6.20 Å². The molecule has 2 aromatic rings. The average molecular weight is 273 g/mol. The van der Waals surface area contributed by atoms with Crippen LogP contribution in [0.3, 0.4) is 0 Å². The van der Waals surface area contributed by atoms with Gasteiger partial charge < -0.3 is 14.6 Å². The van der Waals surface area contributed by atoms with E-state index in [1.807, 2.05) is 31.7 Å². The van der Waals surface area contributed by atoms with E-state index in [1.165, 1.54) is 5.56 Å². The van der Waals surface area contributed by atoms with Gasteiger partial charge in [0.1, 0.15) is 5.75 Å². The highest BCUT2D eigenvalue weighted by Gasteiger charge is 2.05. The van der Waals surface area contributed by atoms with Crippen LogP contribution in [-0.4, -0.2) is 23.2 Å². The maximum absolute atomic E-state index is 5.75. The van der Waals surface area contributed by atoms with Crippen LogP contribution < -0.4 is 10.1 Å². The van der Waals surface area contributed by atoms with Gasteiger partial charge in [-0.1, -0.05) is 19.1 Å². The summed E-state index contributed by atoms with van der Waals surface area (Å²) in [6.07, 6.45) is 7.66. The molecule has 1 N–H and O–H groups in total. The molecule has 0 saturated carbocycles. The van der Waals surface area contributed by atoms with Crippen LogP contribution in [-0.2, 0) is 6.54 Å². The third-order valence-electron chi connectivity index (χ3n) is 3.43. The summed E-state index contributed by atoms with van der Waals surface area (Å²) in [4.78, 5) is 4.02. The first-order chi connectivity index (χ1) is 9.83. The number of rotatable bonds is 8. The highest BCUT2D eigenvalue weighted by molar-refractivity contribution is 5.29. The molecule has 20 heavy (non-hydrogen) atoms. The second-order valence-electron chi connectivity index (χ2n) is 4.82. The molecule has 0 bridgehead atoms. The van der Waals surface area contributed by atoms with Gasteiger partial charge in [0.2, 0.25) is 0 Å². The predicted octanol–water partition coefficient (Wildman–Crippen LogP) is 3.02. The van der Waals surface area contributed by atoms with Crippen molar-refractivity contribution < 1.29 is 4.74 Å². The van der Waals surface area contributed by atoms with Crippen molar-refractivity contribution >= 4 is 0 Å². The molecule has 0 radical (unpaired) electrons. The maximum Gasteiger partial charge on any atom is 0.119 e. The van der Waals surface area contributed by atoms with Crippen molar-refractivity contribution in [3.63, 3.8) is 0 Å². The molecule has 1 heterocycles. The number of nitrogens with zero attached hydrogens (tertiary/aromatic N) is 2. The van der Waals surface area contributed by atoms with Crippen molar-refractivity contribution in [3.05, 3.63) is 48.5 Å². The molecule has 0 aliphatic rings. The molecule has 0 aliphatic heterocycles. The van der Waals surface area contributed by atoms with E-state index >= 15 is 0 Å². The van der Waals surface area contributed by atoms with Crippen LogP contribution >= 0.6 is 0 Å². The van der Waals surface area contributed by atoms with Gasteiger partial charge in [0.15, 0.2) is 0 Å². The fourth-order valence-electron chi connectivity index (χ4n) is 2.26. The van der Waals surface area contributed by atoms with Crippen molar-refractivity contribution in [1.29, 1.82) is 0 Å². The third kappa shape index (κ3) is 4.10. The molecule has 0 fully saturated rings. The Morgan fingerprint density at radius 2 is 2.10 bits per heavy atom. The summed E-state index contributed by atoms with van der Waals surface area (Å²) in [7, 11) is 1.99. The first kappa shape index (κ1) is 14.6. The molecule has 4 nitrogen and oxygen atoms in total. The van der Waals surface area contributed by atoms with Gasteiger partial charge in [0, 0.05) is 25.0 Å². The molecule has 2 rings (SSSR count). The molecule has 4 heteroatoms. The average Bonchev–Trinajstić information content (AvgIpc) is 3.00. The van der Waals surface area contributed by atoms with Crippen molar-refractivity contribution in [1.82, 2.24) is 14.9 Å². The zero-order valence-electron chi connectivity index (χ0n) is 12.2. The number of ether oxygens (including phenoxy) is 1.